The number of unbranched alkanes of at least 4 members (excludes halogenated alkanes) is 1. The summed E-state index contributed by atoms with van der Waals surface area (Å²) in [4.78, 5) is 75.8. The Balaban J connectivity index is 1.56. The minimum absolute atomic E-state index is 0.0104. The first-order valence-electron chi connectivity index (χ1n) is 15.8. The highest BCUT2D eigenvalue weighted by atomic mass is 31.2. The van der Waals surface area contributed by atoms with Crippen LogP contribution >= 0.6 is 7.60 Å². The monoisotopic (exact) mass is 690 g/mol. The second kappa shape index (κ2) is 17.3. The number of rotatable bonds is 14. The van der Waals surface area contributed by atoms with Crippen molar-refractivity contribution in [1.29, 1.82) is 0 Å². The Morgan fingerprint density at radius 3 is 2.40 bits per heavy atom. The molecule has 0 saturated carbocycles. The smallest absolute Gasteiger partial charge is 0.409 e. The van der Waals surface area contributed by atoms with Gasteiger partial charge in [-0.1, -0.05) is 43.7 Å². The van der Waals surface area contributed by atoms with Crippen molar-refractivity contribution in [1.82, 2.24) is 25.1 Å². The Labute approximate surface area is 279 Å². The summed E-state index contributed by atoms with van der Waals surface area (Å²) >= 11 is 0. The third kappa shape index (κ3) is 10.4. The van der Waals surface area contributed by atoms with E-state index in [0.717, 1.165) is 26.2 Å². The van der Waals surface area contributed by atoms with E-state index in [4.69, 9.17) is 19.0 Å². The van der Waals surface area contributed by atoms with Gasteiger partial charge in [-0.3, -0.25) is 23.5 Å². The predicted molar refractivity (Wildman–Crippen MR) is 173 cm³/mol. The summed E-state index contributed by atoms with van der Waals surface area (Å²) in [5.74, 6) is -1.41. The zero-order chi connectivity index (χ0) is 34.7. The van der Waals surface area contributed by atoms with Gasteiger partial charge in [0, 0.05) is 64.9 Å². The van der Waals surface area contributed by atoms with E-state index in [0.29, 0.717) is 31.1 Å². The van der Waals surface area contributed by atoms with Crippen LogP contribution in [0.2, 0.25) is 0 Å². The molecule has 4 rings (SSSR count). The van der Waals surface area contributed by atoms with Crippen LogP contribution in [0.25, 0.3) is 11.4 Å². The molecule has 262 valence electrons. The Hall–Kier alpha value is -4.11. The molecule has 3 unspecified atom stereocenters. The SMILES string of the molecule is CCCCOC(=O)N1CCN(C(=O)C(CP(=O)(O)OCOC(C)=O)NC(=O)c2cc(N3CCC(OC)C3)nc(-c3ccccc3)n2)CC1. The number of benzene rings is 1. The van der Waals surface area contributed by atoms with Crippen LogP contribution < -0.4 is 10.2 Å². The number of piperazine rings is 1. The number of methoxy groups -OCH3 is 1. The Morgan fingerprint density at radius 1 is 1.04 bits per heavy atom. The van der Waals surface area contributed by atoms with Gasteiger partial charge < -0.3 is 39.1 Å². The van der Waals surface area contributed by atoms with Crippen molar-refractivity contribution < 1.29 is 47.4 Å². The van der Waals surface area contributed by atoms with Crippen LogP contribution in [0.1, 0.15) is 43.6 Å². The van der Waals surface area contributed by atoms with Crippen molar-refractivity contribution in [2.75, 3.05) is 70.8 Å². The third-order valence-corrected chi connectivity index (χ3v) is 9.22. The van der Waals surface area contributed by atoms with Gasteiger partial charge in [-0.2, -0.15) is 0 Å². The van der Waals surface area contributed by atoms with E-state index < -0.39 is 50.5 Å². The average Bonchev–Trinajstić information content (AvgIpc) is 3.57. The zero-order valence-electron chi connectivity index (χ0n) is 27.4. The van der Waals surface area contributed by atoms with Crippen LogP contribution in [0.15, 0.2) is 36.4 Å². The normalized spacial score (nSPS) is 18.2. The van der Waals surface area contributed by atoms with Crippen LogP contribution in [-0.2, 0) is 32.9 Å². The molecule has 48 heavy (non-hydrogen) atoms. The topological polar surface area (TPSA) is 190 Å². The number of hydrogen-bond donors (Lipinski definition) is 2. The van der Waals surface area contributed by atoms with E-state index in [1.54, 1.807) is 19.2 Å². The molecular weight excluding hydrogens is 647 g/mol. The lowest BCUT2D eigenvalue weighted by atomic mass is 10.2. The highest BCUT2D eigenvalue weighted by molar-refractivity contribution is 7.52. The Kier molecular flexibility index (Phi) is 13.3. The van der Waals surface area contributed by atoms with Gasteiger partial charge in [-0.15, -0.1) is 0 Å². The molecule has 1 aromatic heterocycles. The highest BCUT2D eigenvalue weighted by Crippen LogP contribution is 2.42. The van der Waals surface area contributed by atoms with Gasteiger partial charge in [0.25, 0.3) is 5.91 Å². The molecule has 2 fully saturated rings. The van der Waals surface area contributed by atoms with Gasteiger partial charge >= 0.3 is 19.7 Å². The Morgan fingerprint density at radius 2 is 1.75 bits per heavy atom. The molecule has 16 nitrogen and oxygen atoms in total. The largest absolute Gasteiger partial charge is 0.449 e. The summed E-state index contributed by atoms with van der Waals surface area (Å²) in [6.07, 6.45) is 1.06. The van der Waals surface area contributed by atoms with E-state index in [1.165, 1.54) is 15.9 Å². The maximum atomic E-state index is 13.8. The first-order chi connectivity index (χ1) is 23.0. The van der Waals surface area contributed by atoms with E-state index in [-0.39, 0.29) is 43.8 Å². The lowest BCUT2D eigenvalue weighted by molar-refractivity contribution is -0.147. The van der Waals surface area contributed by atoms with Gasteiger partial charge in [-0.25, -0.2) is 14.8 Å². The molecule has 2 saturated heterocycles. The van der Waals surface area contributed by atoms with Crippen LogP contribution in [-0.4, -0.2) is 127 Å². The molecular formula is C31H43N6O10P. The van der Waals surface area contributed by atoms with Crippen molar-refractivity contribution in [2.45, 2.75) is 45.3 Å². The first-order valence-corrected chi connectivity index (χ1v) is 17.6. The minimum Gasteiger partial charge on any atom is -0.449 e. The van der Waals surface area contributed by atoms with E-state index in [2.05, 4.69) is 15.0 Å². The molecule has 2 aliphatic heterocycles. The number of hydrogen-bond acceptors (Lipinski definition) is 12. The number of carbonyl (C=O) groups is 4. The molecule has 2 aliphatic rings. The number of aromatic nitrogens is 2. The number of carbonyl (C=O) groups excluding carboxylic acids is 4. The summed E-state index contributed by atoms with van der Waals surface area (Å²) in [5.41, 5.74) is 0.596. The van der Waals surface area contributed by atoms with E-state index >= 15 is 0 Å². The van der Waals surface area contributed by atoms with Gasteiger partial charge in [-0.05, 0) is 12.8 Å². The number of esters is 1. The second-order valence-electron chi connectivity index (χ2n) is 11.4. The molecule has 17 heteroatoms. The maximum Gasteiger partial charge on any atom is 0.409 e. The van der Waals surface area contributed by atoms with Gasteiger partial charge in [0.2, 0.25) is 12.7 Å². The van der Waals surface area contributed by atoms with Crippen LogP contribution in [0.3, 0.4) is 0 Å². The number of nitrogens with zero attached hydrogens (tertiary/aromatic N) is 5. The zero-order valence-corrected chi connectivity index (χ0v) is 28.3. The summed E-state index contributed by atoms with van der Waals surface area (Å²) in [6, 6.07) is 9.04. The summed E-state index contributed by atoms with van der Waals surface area (Å²) in [6.45, 7) is 4.30. The van der Waals surface area contributed by atoms with Crippen molar-refractivity contribution in [2.24, 2.45) is 0 Å². The lowest BCUT2D eigenvalue weighted by Gasteiger charge is -2.36. The molecule has 0 spiro atoms. The maximum absolute atomic E-state index is 13.8. The second-order valence-corrected chi connectivity index (χ2v) is 13.3. The molecule has 0 aliphatic carbocycles. The fourth-order valence-corrected chi connectivity index (χ4v) is 6.21. The third-order valence-electron chi connectivity index (χ3n) is 7.89. The summed E-state index contributed by atoms with van der Waals surface area (Å²) < 4.78 is 33.3. The molecule has 3 heterocycles. The van der Waals surface area contributed by atoms with Crippen LogP contribution in [0.5, 0.6) is 0 Å². The van der Waals surface area contributed by atoms with Crippen molar-refractivity contribution in [3.63, 3.8) is 0 Å². The van der Waals surface area contributed by atoms with Gasteiger partial charge in [0.05, 0.1) is 18.9 Å². The van der Waals surface area contributed by atoms with Crippen LogP contribution in [0.4, 0.5) is 10.6 Å². The summed E-state index contributed by atoms with van der Waals surface area (Å²) in [7, 11) is -2.94. The number of amides is 3. The molecule has 0 radical (unpaired) electrons. The number of anilines is 1. The summed E-state index contributed by atoms with van der Waals surface area (Å²) in [5, 5.41) is 2.58. The molecule has 1 aromatic carbocycles. The fourth-order valence-electron chi connectivity index (χ4n) is 5.18. The van der Waals surface area contributed by atoms with Crippen molar-refractivity contribution in [3.8, 4) is 11.4 Å². The standard InChI is InChI=1S/C31H43N6O10P/c1-4-5-17-45-31(41)36-15-13-35(14-16-36)30(40)26(20-48(42,43)47-21-46-22(2)38)33-29(39)25-18-27(37-12-11-24(19-37)44-3)34-28(32-25)23-9-7-6-8-10-23/h6-10,18,24,26H,4-5,11-17,19-21H2,1-3H3,(H,33,39)(H,42,43). The molecule has 2 N–H and O–H groups in total. The van der Waals surface area contributed by atoms with Crippen molar-refractivity contribution in [3.05, 3.63) is 42.1 Å². The lowest BCUT2D eigenvalue weighted by Crippen LogP contribution is -2.57. The molecule has 3 amide bonds. The molecule has 3 atom stereocenters. The number of ether oxygens (including phenoxy) is 3. The highest BCUT2D eigenvalue weighted by Gasteiger charge is 2.37. The average molecular weight is 691 g/mol. The molecule has 2 aromatic rings. The van der Waals surface area contributed by atoms with Gasteiger partial charge in [0.15, 0.2) is 5.82 Å². The van der Waals surface area contributed by atoms with Crippen molar-refractivity contribution >= 4 is 37.3 Å². The fraction of sp³-hybridized carbons (Fsp3) is 0.548. The van der Waals surface area contributed by atoms with E-state index in [1.807, 2.05) is 30.0 Å². The quantitative estimate of drug-likeness (QED) is 0.127. The first kappa shape index (κ1) is 36.7. The van der Waals surface area contributed by atoms with E-state index in [9.17, 15) is 28.6 Å². The number of nitrogens with one attached hydrogen (secondary N) is 1. The predicted octanol–water partition coefficient (Wildman–Crippen LogP) is 2.27. The molecule has 0 bridgehead atoms. The minimum atomic E-state index is -4.57. The Bertz CT molecular complexity index is 1470. The van der Waals surface area contributed by atoms with Crippen LogP contribution in [0, 0.1) is 0 Å². The van der Waals surface area contributed by atoms with Gasteiger partial charge in [0.1, 0.15) is 17.6 Å².